The van der Waals surface area contributed by atoms with Crippen LogP contribution in [-0.2, 0) is 0 Å². The van der Waals surface area contributed by atoms with Gasteiger partial charge in [0.05, 0.1) is 22.6 Å². The largest absolute Gasteiger partial charge is 0.508 e. The van der Waals surface area contributed by atoms with Crippen molar-refractivity contribution in [2.24, 2.45) is 0 Å². The lowest BCUT2D eigenvalue weighted by atomic mass is 10.1. The van der Waals surface area contributed by atoms with Crippen LogP contribution in [0.5, 0.6) is 17.2 Å². The predicted octanol–water partition coefficient (Wildman–Crippen LogP) is 2.88. The molecule has 0 radical (unpaired) electrons. The summed E-state index contributed by atoms with van der Waals surface area (Å²) in [7, 11) is 0. The molecule has 0 aliphatic heterocycles. The van der Waals surface area contributed by atoms with Crippen LogP contribution < -0.4 is 5.32 Å². The third-order valence-electron chi connectivity index (χ3n) is 3.04. The summed E-state index contributed by atoms with van der Waals surface area (Å²) in [6, 6.07) is 7.45. The molecule has 110 valence electrons. The first-order valence-corrected chi connectivity index (χ1v) is 6.15. The highest BCUT2D eigenvalue weighted by molar-refractivity contribution is 5.65. The quantitative estimate of drug-likeness (QED) is 0.391. The molecular formula is C14H14N2O5. The number of hydrogen-bond acceptors (Lipinski definition) is 6. The first kappa shape index (κ1) is 14.4. The number of nitrogens with one attached hydrogen (secondary N) is 1. The van der Waals surface area contributed by atoms with Crippen LogP contribution in [0.25, 0.3) is 0 Å². The molecule has 0 amide bonds. The van der Waals surface area contributed by atoms with Crippen molar-refractivity contribution in [1.29, 1.82) is 0 Å². The average molecular weight is 290 g/mol. The van der Waals surface area contributed by atoms with Crippen molar-refractivity contribution in [3.8, 4) is 17.2 Å². The topological polar surface area (TPSA) is 116 Å². The van der Waals surface area contributed by atoms with Gasteiger partial charge in [0.2, 0.25) is 0 Å². The summed E-state index contributed by atoms with van der Waals surface area (Å²) in [5, 5.41) is 42.7. The minimum absolute atomic E-state index is 0.114. The number of benzene rings is 2. The Kier molecular flexibility index (Phi) is 3.84. The van der Waals surface area contributed by atoms with Gasteiger partial charge >= 0.3 is 0 Å². The van der Waals surface area contributed by atoms with E-state index < -0.39 is 11.0 Å². The monoisotopic (exact) mass is 290 g/mol. The number of phenolic OH excluding ortho intramolecular Hbond substituents is 3. The van der Waals surface area contributed by atoms with Gasteiger partial charge in [-0.05, 0) is 31.2 Å². The third kappa shape index (κ3) is 2.97. The molecule has 0 bridgehead atoms. The lowest BCUT2D eigenvalue weighted by Gasteiger charge is -2.18. The molecule has 1 unspecified atom stereocenters. The lowest BCUT2D eigenvalue weighted by Crippen LogP contribution is -2.08. The number of phenols is 3. The van der Waals surface area contributed by atoms with Gasteiger partial charge in [-0.3, -0.25) is 10.1 Å². The first-order chi connectivity index (χ1) is 9.90. The van der Waals surface area contributed by atoms with Crippen LogP contribution in [-0.4, -0.2) is 20.2 Å². The van der Waals surface area contributed by atoms with Gasteiger partial charge < -0.3 is 20.6 Å². The maximum Gasteiger partial charge on any atom is 0.296 e. The van der Waals surface area contributed by atoms with E-state index in [9.17, 15) is 25.4 Å². The smallest absolute Gasteiger partial charge is 0.296 e. The number of rotatable bonds is 4. The zero-order chi connectivity index (χ0) is 15.6. The second kappa shape index (κ2) is 5.58. The average Bonchev–Trinajstić information content (AvgIpc) is 2.40. The molecular weight excluding hydrogens is 276 g/mol. The maximum atomic E-state index is 11.0. The molecule has 0 heterocycles. The van der Waals surface area contributed by atoms with Crippen molar-refractivity contribution in [3.05, 3.63) is 52.1 Å². The van der Waals surface area contributed by atoms with E-state index in [-0.39, 0.29) is 34.2 Å². The molecule has 21 heavy (non-hydrogen) atoms. The van der Waals surface area contributed by atoms with Crippen molar-refractivity contribution < 1.29 is 20.2 Å². The van der Waals surface area contributed by atoms with Gasteiger partial charge in [0, 0.05) is 0 Å². The third-order valence-corrected chi connectivity index (χ3v) is 3.04. The zero-order valence-corrected chi connectivity index (χ0v) is 11.1. The van der Waals surface area contributed by atoms with Gasteiger partial charge in [-0.1, -0.05) is 6.07 Å². The molecule has 7 heteroatoms. The van der Waals surface area contributed by atoms with Crippen molar-refractivity contribution >= 4 is 11.4 Å². The van der Waals surface area contributed by atoms with Crippen LogP contribution in [0, 0.1) is 10.1 Å². The number of nitro benzene ring substituents is 1. The Morgan fingerprint density at radius 3 is 2.33 bits per heavy atom. The number of anilines is 1. The second-order valence-corrected chi connectivity index (χ2v) is 4.53. The van der Waals surface area contributed by atoms with Gasteiger partial charge in [0.25, 0.3) is 5.69 Å². The number of nitro groups is 1. The molecule has 0 fully saturated rings. The van der Waals surface area contributed by atoms with E-state index in [0.29, 0.717) is 0 Å². The SMILES string of the molecule is CC(Nc1ccc(O)cc1[N+](=O)[O-])c1c(O)cccc1O. The molecule has 4 N–H and O–H groups in total. The fourth-order valence-corrected chi connectivity index (χ4v) is 2.08. The highest BCUT2D eigenvalue weighted by Gasteiger charge is 2.20. The number of aromatic hydroxyl groups is 3. The van der Waals surface area contributed by atoms with E-state index in [1.54, 1.807) is 6.92 Å². The first-order valence-electron chi connectivity index (χ1n) is 6.15. The lowest BCUT2D eigenvalue weighted by molar-refractivity contribution is -0.384. The highest BCUT2D eigenvalue weighted by atomic mass is 16.6. The normalized spacial score (nSPS) is 11.9. The van der Waals surface area contributed by atoms with Gasteiger partial charge in [0.15, 0.2) is 0 Å². The number of hydrogen-bond donors (Lipinski definition) is 4. The second-order valence-electron chi connectivity index (χ2n) is 4.53. The van der Waals surface area contributed by atoms with Crippen molar-refractivity contribution in [2.75, 3.05) is 5.32 Å². The summed E-state index contributed by atoms with van der Waals surface area (Å²) >= 11 is 0. The molecule has 2 rings (SSSR count). The molecule has 0 spiro atoms. The molecule has 0 saturated carbocycles. The fraction of sp³-hybridized carbons (Fsp3) is 0.143. The Labute approximate surface area is 120 Å². The van der Waals surface area contributed by atoms with Crippen LogP contribution in [0.2, 0.25) is 0 Å². The summed E-state index contributed by atoms with van der Waals surface area (Å²) in [4.78, 5) is 10.4. The Bertz CT molecular complexity index is 667. The molecule has 7 nitrogen and oxygen atoms in total. The van der Waals surface area contributed by atoms with E-state index in [4.69, 9.17) is 0 Å². The van der Waals surface area contributed by atoms with E-state index in [0.717, 1.165) is 6.07 Å². The van der Waals surface area contributed by atoms with E-state index in [1.807, 2.05) is 0 Å². The molecule has 2 aromatic rings. The van der Waals surface area contributed by atoms with Crippen LogP contribution in [0.4, 0.5) is 11.4 Å². The molecule has 0 saturated heterocycles. The molecule has 0 aromatic heterocycles. The minimum atomic E-state index is -0.626. The van der Waals surface area contributed by atoms with Crippen molar-refractivity contribution in [3.63, 3.8) is 0 Å². The molecule has 2 aromatic carbocycles. The highest BCUT2D eigenvalue weighted by Crippen LogP contribution is 2.36. The van der Waals surface area contributed by atoms with Gasteiger partial charge in [-0.25, -0.2) is 0 Å². The Morgan fingerprint density at radius 2 is 1.76 bits per heavy atom. The fourth-order valence-electron chi connectivity index (χ4n) is 2.08. The van der Waals surface area contributed by atoms with Gasteiger partial charge in [0.1, 0.15) is 22.9 Å². The summed E-state index contributed by atoms with van der Waals surface area (Å²) < 4.78 is 0. The number of nitrogens with zero attached hydrogens (tertiary/aromatic N) is 1. The van der Waals surface area contributed by atoms with E-state index in [1.165, 1.54) is 30.3 Å². The van der Waals surface area contributed by atoms with E-state index in [2.05, 4.69) is 5.32 Å². The van der Waals surface area contributed by atoms with Crippen molar-refractivity contribution in [2.45, 2.75) is 13.0 Å². The summed E-state index contributed by atoms with van der Waals surface area (Å²) in [5.74, 6) is -0.446. The Morgan fingerprint density at radius 1 is 1.14 bits per heavy atom. The molecule has 1 atom stereocenters. The van der Waals surface area contributed by atoms with Crippen LogP contribution in [0.3, 0.4) is 0 Å². The van der Waals surface area contributed by atoms with E-state index >= 15 is 0 Å². The molecule has 0 aliphatic carbocycles. The summed E-state index contributed by atoms with van der Waals surface area (Å²) in [6.45, 7) is 1.64. The molecule has 0 aliphatic rings. The van der Waals surface area contributed by atoms with Crippen molar-refractivity contribution in [1.82, 2.24) is 0 Å². The predicted molar refractivity (Wildman–Crippen MR) is 76.6 cm³/mol. The van der Waals surface area contributed by atoms with Gasteiger partial charge in [-0.2, -0.15) is 0 Å². The van der Waals surface area contributed by atoms with Crippen LogP contribution in [0.1, 0.15) is 18.5 Å². The van der Waals surface area contributed by atoms with Crippen LogP contribution >= 0.6 is 0 Å². The minimum Gasteiger partial charge on any atom is -0.508 e. The summed E-state index contributed by atoms with van der Waals surface area (Å²) in [6.07, 6.45) is 0. The Balaban J connectivity index is 2.36. The van der Waals surface area contributed by atoms with Gasteiger partial charge in [-0.15, -0.1) is 0 Å². The Hall–Kier alpha value is -2.96. The standard InChI is InChI=1S/C14H14N2O5/c1-8(14-12(18)3-2-4-13(14)19)15-10-6-5-9(17)7-11(10)16(20)21/h2-8,15,17-19H,1H3. The maximum absolute atomic E-state index is 11.0. The van der Waals surface area contributed by atoms with Crippen LogP contribution in [0.15, 0.2) is 36.4 Å². The zero-order valence-electron chi connectivity index (χ0n) is 11.1. The summed E-state index contributed by atoms with van der Waals surface area (Å²) in [5.41, 5.74) is 0.115.